The minimum atomic E-state index is 0.0290. The molecule has 0 saturated heterocycles. The third kappa shape index (κ3) is 3.65. The first kappa shape index (κ1) is 15.9. The van der Waals surface area contributed by atoms with Crippen LogP contribution in [0, 0.1) is 0 Å². The smallest absolute Gasteiger partial charge is 0.227 e. The Labute approximate surface area is 140 Å². The molecular weight excluding hydrogens is 304 g/mol. The highest BCUT2D eigenvalue weighted by molar-refractivity contribution is 5.93. The van der Waals surface area contributed by atoms with Crippen molar-refractivity contribution in [2.24, 2.45) is 0 Å². The molecule has 2 heterocycles. The number of aromatic nitrogens is 3. The molecule has 0 N–H and O–H groups in total. The van der Waals surface area contributed by atoms with E-state index in [0.29, 0.717) is 36.8 Å². The summed E-state index contributed by atoms with van der Waals surface area (Å²) in [6.07, 6.45) is 2.39. The van der Waals surface area contributed by atoms with Crippen LogP contribution in [-0.4, -0.2) is 27.6 Å². The number of amides is 1. The van der Waals surface area contributed by atoms with Crippen molar-refractivity contribution < 1.29 is 9.32 Å². The average molecular weight is 322 g/mol. The van der Waals surface area contributed by atoms with Crippen LogP contribution in [0.1, 0.15) is 19.2 Å². The maximum atomic E-state index is 12.4. The van der Waals surface area contributed by atoms with Crippen molar-refractivity contribution in [2.45, 2.75) is 19.8 Å². The van der Waals surface area contributed by atoms with E-state index >= 15 is 0 Å². The first-order chi connectivity index (χ1) is 11.8. The third-order valence-electron chi connectivity index (χ3n) is 3.60. The molecule has 0 bridgehead atoms. The van der Waals surface area contributed by atoms with Crippen molar-refractivity contribution in [3.05, 3.63) is 60.6 Å². The summed E-state index contributed by atoms with van der Waals surface area (Å²) >= 11 is 0. The molecule has 0 atom stereocenters. The number of benzene rings is 1. The van der Waals surface area contributed by atoms with E-state index in [2.05, 4.69) is 15.1 Å². The summed E-state index contributed by atoms with van der Waals surface area (Å²) < 4.78 is 5.22. The summed E-state index contributed by atoms with van der Waals surface area (Å²) in [5.41, 5.74) is 1.54. The number of hydrogen-bond donors (Lipinski definition) is 0. The third-order valence-corrected chi connectivity index (χ3v) is 3.60. The summed E-state index contributed by atoms with van der Waals surface area (Å²) in [4.78, 5) is 22.7. The lowest BCUT2D eigenvalue weighted by atomic mass is 10.2. The standard InChI is InChI=1S/C18H18N4O2/c1-2-22(14-8-4-3-5-9-14)17(23)12-11-16-20-18(21-24-16)15-10-6-7-13-19-15/h3-10,13H,2,11-12H2,1H3. The molecule has 2 aromatic heterocycles. The summed E-state index contributed by atoms with van der Waals surface area (Å²) in [6, 6.07) is 15.1. The van der Waals surface area contributed by atoms with Crippen molar-refractivity contribution in [3.63, 3.8) is 0 Å². The number of pyridine rings is 1. The second-order valence-corrected chi connectivity index (χ2v) is 5.20. The average Bonchev–Trinajstić information content (AvgIpc) is 3.11. The van der Waals surface area contributed by atoms with Gasteiger partial charge in [0.25, 0.3) is 0 Å². The number of aryl methyl sites for hydroxylation is 1. The van der Waals surface area contributed by atoms with Crippen LogP contribution in [0.3, 0.4) is 0 Å². The lowest BCUT2D eigenvalue weighted by molar-refractivity contribution is -0.118. The van der Waals surface area contributed by atoms with E-state index in [4.69, 9.17) is 4.52 Å². The Kier molecular flexibility index (Phi) is 4.96. The van der Waals surface area contributed by atoms with E-state index in [1.807, 2.05) is 55.5 Å². The van der Waals surface area contributed by atoms with Gasteiger partial charge in [0.2, 0.25) is 17.6 Å². The minimum Gasteiger partial charge on any atom is -0.339 e. The van der Waals surface area contributed by atoms with Gasteiger partial charge in [0, 0.05) is 31.3 Å². The van der Waals surface area contributed by atoms with Crippen LogP contribution in [0.25, 0.3) is 11.5 Å². The number of carbonyl (C=O) groups is 1. The zero-order valence-electron chi connectivity index (χ0n) is 13.4. The molecule has 0 aliphatic carbocycles. The molecule has 1 aromatic carbocycles. The Morgan fingerprint density at radius 3 is 2.62 bits per heavy atom. The lowest BCUT2D eigenvalue weighted by Gasteiger charge is -2.20. The van der Waals surface area contributed by atoms with Gasteiger partial charge in [0.15, 0.2) is 0 Å². The molecule has 0 aliphatic rings. The molecule has 3 aromatic rings. The van der Waals surface area contributed by atoms with Crippen molar-refractivity contribution in [1.82, 2.24) is 15.1 Å². The Bertz CT molecular complexity index is 787. The van der Waals surface area contributed by atoms with Gasteiger partial charge in [-0.2, -0.15) is 4.98 Å². The van der Waals surface area contributed by atoms with Crippen molar-refractivity contribution in [3.8, 4) is 11.5 Å². The number of para-hydroxylation sites is 1. The maximum absolute atomic E-state index is 12.4. The van der Waals surface area contributed by atoms with Gasteiger partial charge >= 0.3 is 0 Å². The molecule has 1 amide bonds. The van der Waals surface area contributed by atoms with E-state index in [1.165, 1.54) is 0 Å². The molecule has 122 valence electrons. The van der Waals surface area contributed by atoms with E-state index in [1.54, 1.807) is 11.1 Å². The van der Waals surface area contributed by atoms with Gasteiger partial charge in [-0.1, -0.05) is 29.4 Å². The molecule has 6 heteroatoms. The molecule has 6 nitrogen and oxygen atoms in total. The predicted molar refractivity (Wildman–Crippen MR) is 90.3 cm³/mol. The summed E-state index contributed by atoms with van der Waals surface area (Å²) in [5.74, 6) is 0.905. The molecule has 0 unspecified atom stereocenters. The summed E-state index contributed by atoms with van der Waals surface area (Å²) in [6.45, 7) is 2.57. The van der Waals surface area contributed by atoms with E-state index in [0.717, 1.165) is 5.69 Å². The van der Waals surface area contributed by atoms with Crippen LogP contribution in [0.2, 0.25) is 0 Å². The number of anilines is 1. The largest absolute Gasteiger partial charge is 0.339 e. The van der Waals surface area contributed by atoms with Crippen LogP contribution >= 0.6 is 0 Å². The van der Waals surface area contributed by atoms with Gasteiger partial charge in [0.1, 0.15) is 5.69 Å². The summed E-state index contributed by atoms with van der Waals surface area (Å²) in [7, 11) is 0. The number of rotatable bonds is 6. The molecule has 0 spiro atoms. The van der Waals surface area contributed by atoms with Gasteiger partial charge < -0.3 is 9.42 Å². The first-order valence-electron chi connectivity index (χ1n) is 7.87. The highest BCUT2D eigenvalue weighted by atomic mass is 16.5. The highest BCUT2D eigenvalue weighted by Crippen LogP contribution is 2.16. The monoisotopic (exact) mass is 322 g/mol. The van der Waals surface area contributed by atoms with Crippen LogP contribution in [0.4, 0.5) is 5.69 Å². The Morgan fingerprint density at radius 2 is 1.92 bits per heavy atom. The first-order valence-corrected chi connectivity index (χ1v) is 7.87. The second-order valence-electron chi connectivity index (χ2n) is 5.20. The van der Waals surface area contributed by atoms with Crippen molar-refractivity contribution in [1.29, 1.82) is 0 Å². The second kappa shape index (κ2) is 7.50. The normalized spacial score (nSPS) is 10.5. The predicted octanol–water partition coefficient (Wildman–Crippen LogP) is 3.12. The van der Waals surface area contributed by atoms with Crippen LogP contribution in [0.5, 0.6) is 0 Å². The van der Waals surface area contributed by atoms with Crippen molar-refractivity contribution in [2.75, 3.05) is 11.4 Å². The van der Waals surface area contributed by atoms with Crippen molar-refractivity contribution >= 4 is 11.6 Å². The van der Waals surface area contributed by atoms with Gasteiger partial charge in [-0.3, -0.25) is 9.78 Å². The number of hydrogen-bond acceptors (Lipinski definition) is 5. The summed E-state index contributed by atoms with van der Waals surface area (Å²) in [5, 5.41) is 3.91. The zero-order chi connectivity index (χ0) is 16.8. The van der Waals surface area contributed by atoms with Crippen LogP contribution in [-0.2, 0) is 11.2 Å². The Hall–Kier alpha value is -3.02. The van der Waals surface area contributed by atoms with Crippen LogP contribution < -0.4 is 4.90 Å². The van der Waals surface area contributed by atoms with E-state index in [-0.39, 0.29) is 5.91 Å². The topological polar surface area (TPSA) is 72.1 Å². The molecule has 0 aliphatic heterocycles. The minimum absolute atomic E-state index is 0.0290. The molecule has 0 saturated carbocycles. The quantitative estimate of drug-likeness (QED) is 0.697. The fourth-order valence-corrected chi connectivity index (χ4v) is 2.42. The zero-order valence-corrected chi connectivity index (χ0v) is 13.4. The van der Waals surface area contributed by atoms with E-state index < -0.39 is 0 Å². The highest BCUT2D eigenvalue weighted by Gasteiger charge is 2.16. The number of carbonyl (C=O) groups excluding carboxylic acids is 1. The van der Waals surface area contributed by atoms with E-state index in [9.17, 15) is 4.79 Å². The molecule has 3 rings (SSSR count). The lowest BCUT2D eigenvalue weighted by Crippen LogP contribution is -2.30. The fraction of sp³-hybridized carbons (Fsp3) is 0.222. The SMILES string of the molecule is CCN(C(=O)CCc1nc(-c2ccccn2)no1)c1ccccc1. The Morgan fingerprint density at radius 1 is 1.12 bits per heavy atom. The maximum Gasteiger partial charge on any atom is 0.227 e. The molecule has 24 heavy (non-hydrogen) atoms. The Balaban J connectivity index is 1.63. The molecular formula is C18H18N4O2. The molecule has 0 fully saturated rings. The molecule has 0 radical (unpaired) electrons. The van der Waals surface area contributed by atoms with Gasteiger partial charge in [0.05, 0.1) is 0 Å². The van der Waals surface area contributed by atoms with Crippen LogP contribution in [0.15, 0.2) is 59.3 Å². The van der Waals surface area contributed by atoms with Gasteiger partial charge in [-0.05, 0) is 31.2 Å². The van der Waals surface area contributed by atoms with Gasteiger partial charge in [-0.25, -0.2) is 0 Å². The fourth-order valence-electron chi connectivity index (χ4n) is 2.42. The van der Waals surface area contributed by atoms with Gasteiger partial charge in [-0.15, -0.1) is 0 Å². The number of nitrogens with zero attached hydrogens (tertiary/aromatic N) is 4.